The number of hydrogen-bond acceptors (Lipinski definition) is 4. The van der Waals surface area contributed by atoms with E-state index in [2.05, 4.69) is 4.98 Å². The smallest absolute Gasteiger partial charge is 0.181 e. The zero-order chi connectivity index (χ0) is 12.4. The molecule has 0 atom stereocenters. The van der Waals surface area contributed by atoms with Crippen molar-refractivity contribution >= 4 is 39.8 Å². The van der Waals surface area contributed by atoms with Crippen LogP contribution in [0.25, 0.3) is 0 Å². The van der Waals surface area contributed by atoms with Crippen LogP contribution >= 0.6 is 34.7 Å². The Hall–Kier alpha value is -0.780. The number of nitrogens with zero attached hydrogens (tertiary/aromatic N) is 1. The van der Waals surface area contributed by atoms with Crippen molar-refractivity contribution in [3.05, 3.63) is 40.3 Å². The summed E-state index contributed by atoms with van der Waals surface area (Å²) in [6.45, 7) is 1.89. The minimum Gasteiger partial charge on any atom is -0.375 e. The molecule has 0 aliphatic carbocycles. The summed E-state index contributed by atoms with van der Waals surface area (Å²) in [6, 6.07) is 5.02. The van der Waals surface area contributed by atoms with Crippen molar-refractivity contribution in [3.8, 4) is 0 Å². The standard InChI is InChI=1S/C11H10ClFN2S2/c1-6-10(17-11(14)15-6)16-5-7-3-2-4-8(12)9(7)13/h2-4H,5H2,1H3,(H2,14,15). The van der Waals surface area contributed by atoms with Crippen LogP contribution in [0.1, 0.15) is 11.3 Å². The molecule has 2 rings (SSSR count). The maximum atomic E-state index is 13.6. The maximum absolute atomic E-state index is 13.6. The maximum Gasteiger partial charge on any atom is 0.181 e. The summed E-state index contributed by atoms with van der Waals surface area (Å²) in [5.74, 6) is 0.173. The number of aromatic nitrogens is 1. The zero-order valence-electron chi connectivity index (χ0n) is 9.04. The topological polar surface area (TPSA) is 38.9 Å². The van der Waals surface area contributed by atoms with Crippen LogP contribution in [-0.4, -0.2) is 4.98 Å². The average molecular weight is 289 g/mol. The summed E-state index contributed by atoms with van der Waals surface area (Å²) >= 11 is 8.66. The normalized spacial score (nSPS) is 10.8. The van der Waals surface area contributed by atoms with E-state index in [9.17, 15) is 4.39 Å². The molecule has 0 aliphatic rings. The second-order valence-electron chi connectivity index (χ2n) is 3.43. The van der Waals surface area contributed by atoms with Crippen LogP contribution in [0.5, 0.6) is 0 Å². The first-order valence-corrected chi connectivity index (χ1v) is 7.04. The van der Waals surface area contributed by atoms with Gasteiger partial charge in [-0.05, 0) is 18.6 Å². The number of anilines is 1. The number of nitrogen functional groups attached to an aromatic ring is 1. The second-order valence-corrected chi connectivity index (χ2v) is 6.11. The van der Waals surface area contributed by atoms with Crippen LogP contribution in [0.2, 0.25) is 5.02 Å². The summed E-state index contributed by atoms with van der Waals surface area (Å²) in [7, 11) is 0. The number of rotatable bonds is 3. The van der Waals surface area contributed by atoms with Gasteiger partial charge in [-0.15, -0.1) is 11.8 Å². The van der Waals surface area contributed by atoms with Gasteiger partial charge in [0.2, 0.25) is 0 Å². The van der Waals surface area contributed by atoms with Gasteiger partial charge in [0.05, 0.1) is 14.9 Å². The molecular formula is C11H10ClFN2S2. The first-order valence-electron chi connectivity index (χ1n) is 4.86. The summed E-state index contributed by atoms with van der Waals surface area (Å²) < 4.78 is 14.6. The third-order valence-electron chi connectivity index (χ3n) is 2.16. The van der Waals surface area contributed by atoms with Gasteiger partial charge in [0.1, 0.15) is 5.82 Å². The fourth-order valence-corrected chi connectivity index (χ4v) is 3.53. The Morgan fingerprint density at radius 1 is 1.53 bits per heavy atom. The predicted molar refractivity (Wildman–Crippen MR) is 72.2 cm³/mol. The van der Waals surface area contributed by atoms with Gasteiger partial charge in [-0.1, -0.05) is 35.1 Å². The first kappa shape index (κ1) is 12.7. The number of aryl methyl sites for hydroxylation is 1. The Bertz CT molecular complexity index is 542. The molecule has 90 valence electrons. The lowest BCUT2D eigenvalue weighted by molar-refractivity contribution is 0.618. The van der Waals surface area contributed by atoms with Crippen molar-refractivity contribution in [1.29, 1.82) is 0 Å². The molecule has 0 spiro atoms. The highest BCUT2D eigenvalue weighted by Gasteiger charge is 2.10. The fourth-order valence-electron chi connectivity index (χ4n) is 1.34. The van der Waals surface area contributed by atoms with Crippen LogP contribution in [0, 0.1) is 12.7 Å². The molecule has 17 heavy (non-hydrogen) atoms. The van der Waals surface area contributed by atoms with Gasteiger partial charge < -0.3 is 5.73 Å². The molecule has 0 saturated carbocycles. The van der Waals surface area contributed by atoms with E-state index in [0.29, 0.717) is 16.4 Å². The monoisotopic (exact) mass is 288 g/mol. The van der Waals surface area contributed by atoms with Crippen LogP contribution in [0.15, 0.2) is 22.4 Å². The van der Waals surface area contributed by atoms with Gasteiger partial charge >= 0.3 is 0 Å². The molecule has 2 aromatic rings. The summed E-state index contributed by atoms with van der Waals surface area (Å²) in [4.78, 5) is 4.12. The van der Waals surface area contributed by atoms with Crippen molar-refractivity contribution in [2.45, 2.75) is 16.9 Å². The van der Waals surface area contributed by atoms with Gasteiger partial charge in [0.15, 0.2) is 5.13 Å². The molecule has 0 aliphatic heterocycles. The van der Waals surface area contributed by atoms with Crippen molar-refractivity contribution in [2.75, 3.05) is 5.73 Å². The molecular weight excluding hydrogens is 279 g/mol. The summed E-state index contributed by atoms with van der Waals surface area (Å²) in [5.41, 5.74) is 7.08. The molecule has 2 nitrogen and oxygen atoms in total. The molecule has 0 radical (unpaired) electrons. The number of hydrogen-bond donors (Lipinski definition) is 1. The largest absolute Gasteiger partial charge is 0.375 e. The van der Waals surface area contributed by atoms with Crippen LogP contribution in [0.3, 0.4) is 0 Å². The molecule has 0 saturated heterocycles. The molecule has 1 aromatic carbocycles. The Balaban J connectivity index is 2.12. The van der Waals surface area contributed by atoms with E-state index in [1.807, 2.05) is 6.92 Å². The number of benzene rings is 1. The van der Waals surface area contributed by atoms with Crippen molar-refractivity contribution in [1.82, 2.24) is 4.98 Å². The molecule has 1 aromatic heterocycles. The SMILES string of the molecule is Cc1nc(N)sc1SCc1cccc(Cl)c1F. The Labute approximate surface area is 112 Å². The van der Waals surface area contributed by atoms with Crippen LogP contribution < -0.4 is 5.73 Å². The van der Waals surface area contributed by atoms with Crippen LogP contribution in [0.4, 0.5) is 9.52 Å². The molecule has 6 heteroatoms. The van der Waals surface area contributed by atoms with Crippen molar-refractivity contribution in [3.63, 3.8) is 0 Å². The van der Waals surface area contributed by atoms with Crippen molar-refractivity contribution in [2.24, 2.45) is 0 Å². The lowest BCUT2D eigenvalue weighted by atomic mass is 10.2. The number of thioether (sulfide) groups is 1. The Kier molecular flexibility index (Phi) is 3.91. The van der Waals surface area contributed by atoms with Gasteiger partial charge in [-0.2, -0.15) is 0 Å². The van der Waals surface area contributed by atoms with E-state index in [4.69, 9.17) is 17.3 Å². The third-order valence-corrected chi connectivity index (χ3v) is 4.85. The van der Waals surface area contributed by atoms with E-state index in [-0.39, 0.29) is 10.8 Å². The van der Waals surface area contributed by atoms with Crippen LogP contribution in [-0.2, 0) is 5.75 Å². The molecule has 1 heterocycles. The Morgan fingerprint density at radius 3 is 2.94 bits per heavy atom. The minimum atomic E-state index is -0.350. The summed E-state index contributed by atoms with van der Waals surface area (Å²) in [6.07, 6.45) is 0. The number of thiazole rings is 1. The van der Waals surface area contributed by atoms with Gasteiger partial charge in [-0.25, -0.2) is 9.37 Å². The highest BCUT2D eigenvalue weighted by atomic mass is 35.5. The minimum absolute atomic E-state index is 0.156. The highest BCUT2D eigenvalue weighted by molar-refractivity contribution is 8.00. The number of nitrogens with two attached hydrogens (primary N) is 1. The average Bonchev–Trinajstić information content (AvgIpc) is 2.60. The quantitative estimate of drug-likeness (QED) is 0.864. The van der Waals surface area contributed by atoms with Crippen molar-refractivity contribution < 1.29 is 4.39 Å². The molecule has 0 fully saturated rings. The molecule has 2 N–H and O–H groups in total. The third kappa shape index (κ3) is 2.91. The van der Waals surface area contributed by atoms with E-state index < -0.39 is 0 Å². The lowest BCUT2D eigenvalue weighted by Crippen LogP contribution is -1.88. The zero-order valence-corrected chi connectivity index (χ0v) is 11.4. The lowest BCUT2D eigenvalue weighted by Gasteiger charge is -2.03. The highest BCUT2D eigenvalue weighted by Crippen LogP contribution is 2.33. The van der Waals surface area contributed by atoms with E-state index in [1.54, 1.807) is 18.2 Å². The second kappa shape index (κ2) is 5.25. The number of halogens is 2. The van der Waals surface area contributed by atoms with E-state index in [1.165, 1.54) is 23.1 Å². The van der Waals surface area contributed by atoms with E-state index in [0.717, 1.165) is 9.90 Å². The molecule has 0 bridgehead atoms. The molecule has 0 unspecified atom stereocenters. The van der Waals surface area contributed by atoms with Gasteiger partial charge in [0.25, 0.3) is 0 Å². The predicted octanol–water partition coefficient (Wildman–Crippen LogP) is 4.12. The molecule has 0 amide bonds. The van der Waals surface area contributed by atoms with Gasteiger partial charge in [0, 0.05) is 5.75 Å². The van der Waals surface area contributed by atoms with E-state index >= 15 is 0 Å². The van der Waals surface area contributed by atoms with Gasteiger partial charge in [-0.3, -0.25) is 0 Å². The summed E-state index contributed by atoms with van der Waals surface area (Å²) in [5, 5.41) is 0.695. The fraction of sp³-hybridized carbons (Fsp3) is 0.182. The Morgan fingerprint density at radius 2 is 2.29 bits per heavy atom. The first-order chi connectivity index (χ1) is 8.08.